The Kier molecular flexibility index (Phi) is 25.3. The van der Waals surface area contributed by atoms with Crippen LogP contribution >= 0.6 is 186 Å². The summed E-state index contributed by atoms with van der Waals surface area (Å²) in [6.45, 7) is 56.3. The van der Waals surface area contributed by atoms with E-state index >= 15 is 0 Å². The highest BCUT2D eigenvalue weighted by atomic mass is 127. The van der Waals surface area contributed by atoms with Crippen LogP contribution in [0.5, 0.6) is 34.5 Å². The fourth-order valence-electron chi connectivity index (χ4n) is 28.6. The highest BCUT2D eigenvalue weighted by molar-refractivity contribution is 14.1. The third-order valence-corrected chi connectivity index (χ3v) is 40.5. The average Bonchev–Trinajstić information content (AvgIpc) is 1.48. The molecule has 0 aromatic heterocycles. The monoisotopic (exact) mass is 2560 g/mol. The summed E-state index contributed by atoms with van der Waals surface area (Å²) in [4.78, 5) is 0. The van der Waals surface area contributed by atoms with Gasteiger partial charge in [-0.3, -0.25) is 0 Å². The van der Waals surface area contributed by atoms with Crippen molar-refractivity contribution < 1.29 is 29.2 Å². The molecule has 10 aromatic carbocycles. The molecule has 20 rings (SSSR count). The zero-order valence-electron chi connectivity index (χ0n) is 80.4. The average molecular weight is 2570 g/mol. The number of methoxy groups -OCH3 is 4. The Morgan fingerprint density at radius 2 is 0.473 bits per heavy atom. The zero-order valence-corrected chi connectivity index (χ0v) is 98.6. The second-order valence-corrected chi connectivity index (χ2v) is 55.6. The van der Waals surface area contributed by atoms with Crippen molar-refractivity contribution in [1.29, 1.82) is 0 Å². The Hall–Kier alpha value is -3.20. The number of fused-ring (bicyclic) bond motifs is 20. The van der Waals surface area contributed by atoms with E-state index in [2.05, 4.69) is 461 Å². The summed E-state index contributed by atoms with van der Waals surface area (Å²) in [5.74, 6) is 4.58. The molecular formula is C113H126Br6I4O6. The number of hydrogen-bond donors (Lipinski definition) is 2. The number of phenolic OH excluding ortho intramolecular Hbond substituents is 2. The van der Waals surface area contributed by atoms with Gasteiger partial charge in [-0.1, -0.05) is 275 Å². The summed E-state index contributed by atoms with van der Waals surface area (Å²) < 4.78 is 34.9. The molecule has 16 heteroatoms. The molecule has 10 aromatic rings. The minimum Gasteiger partial charge on any atom is -0.507 e. The van der Waals surface area contributed by atoms with Crippen molar-refractivity contribution in [1.82, 2.24) is 0 Å². The van der Waals surface area contributed by atoms with E-state index in [-0.39, 0.29) is 92.7 Å². The van der Waals surface area contributed by atoms with Crippen LogP contribution in [0.25, 0.3) is 0 Å². The van der Waals surface area contributed by atoms with Crippen LogP contribution in [0.15, 0.2) is 148 Å². The Balaban J connectivity index is 0.000000118. The van der Waals surface area contributed by atoms with Gasteiger partial charge in [-0.2, -0.15) is 0 Å². The number of hydrogen-bond acceptors (Lipinski definition) is 6. The van der Waals surface area contributed by atoms with Crippen LogP contribution in [0.3, 0.4) is 0 Å². The van der Waals surface area contributed by atoms with Gasteiger partial charge >= 0.3 is 0 Å². The maximum absolute atomic E-state index is 10.4. The number of aryl methyl sites for hydroxylation is 4. The smallest absolute Gasteiger partial charge is 0.135 e. The Morgan fingerprint density at radius 3 is 0.752 bits per heavy atom. The van der Waals surface area contributed by atoms with Crippen molar-refractivity contribution in [2.75, 3.05) is 28.4 Å². The van der Waals surface area contributed by atoms with E-state index in [1.807, 2.05) is 0 Å². The lowest BCUT2D eigenvalue weighted by molar-refractivity contribution is 0.346. The van der Waals surface area contributed by atoms with Crippen LogP contribution in [0.2, 0.25) is 0 Å². The normalized spacial score (nSPS) is 21.0. The number of benzene rings is 10. The van der Waals surface area contributed by atoms with Gasteiger partial charge in [0.1, 0.15) is 34.5 Å². The van der Waals surface area contributed by atoms with Crippen molar-refractivity contribution in [3.63, 3.8) is 0 Å². The number of ether oxygens (including phenoxy) is 4. The molecule has 129 heavy (non-hydrogen) atoms. The summed E-state index contributed by atoms with van der Waals surface area (Å²) >= 11 is 33.1. The van der Waals surface area contributed by atoms with Crippen LogP contribution in [0.1, 0.15) is 336 Å². The second-order valence-electron chi connectivity index (χ2n) is 46.3. The molecule has 10 aliphatic carbocycles. The number of rotatable bonds is 4. The summed E-state index contributed by atoms with van der Waals surface area (Å²) in [6.07, 6.45) is 11.1. The third-order valence-electron chi connectivity index (χ3n) is 32.1. The fraction of sp³-hybridized carbons (Fsp3) is 0.469. The fourth-order valence-corrected chi connectivity index (χ4v) is 38.8. The molecule has 684 valence electrons. The summed E-state index contributed by atoms with van der Waals surface area (Å²) in [7, 11) is 7.14. The molecule has 0 bridgehead atoms. The maximum Gasteiger partial charge on any atom is 0.135 e. The lowest BCUT2D eigenvalue weighted by Gasteiger charge is -2.32. The van der Waals surface area contributed by atoms with Crippen molar-refractivity contribution >= 4 is 186 Å². The summed E-state index contributed by atoms with van der Waals surface area (Å²) in [5.41, 5.74) is 35.3. The Morgan fingerprint density at radius 1 is 0.248 bits per heavy atom. The molecule has 0 amide bonds. The zero-order chi connectivity index (χ0) is 94.6. The van der Waals surface area contributed by atoms with Crippen molar-refractivity contribution in [2.45, 2.75) is 312 Å². The standard InChI is InChI=1S/C25H30I2O2.C23H26Br2.C23H26I2O2.C21H22Br2O2.C21H22Br2/c1-13-9-15-17(19(26)21(13)28-7)25(11-23(15,3)4)12-24(5,6)16-10-14(2)22(29-8)20(27)18(16)25;1-13-7-15-19(17(24)9-13)23(11-21(15,3)4)12-22(5,6)16-8-14(2)10-18(25)20(16)23;1-21(2)11-23(17-13(21)7-9-15(26-5)19(17)24)12-22(3,4)14-8-10-16(27-6)20(25)18(14)23;1-19(2)9-21(15-11(19)5-7-13(24)17(15)22)10-20(3,4)12-6-8-14(25)18(23)16(12)21;1-19(2)11-21(17-13(19)7-5-9-15(17)22)12-20(3,4)14-8-6-10-16(23)18(14)21/h9-10H,11-12H2,1-8H3;7-10H,11-12H2,1-6H3;7-10H,11-12H2,1-6H3;5-8,24-25H,9-10H2,1-4H3;5-10H,11-12H2,1-4H3. The van der Waals surface area contributed by atoms with Gasteiger partial charge in [-0.15, -0.1) is 0 Å². The first-order chi connectivity index (χ1) is 59.7. The molecule has 2 N–H and O–H groups in total. The molecule has 5 spiro atoms. The molecule has 0 fully saturated rings. The topological polar surface area (TPSA) is 77.4 Å². The van der Waals surface area contributed by atoms with Crippen molar-refractivity contribution in [3.05, 3.63) is 296 Å². The molecular weight excluding hydrogens is 2440 g/mol. The number of halogens is 10. The van der Waals surface area contributed by atoms with Gasteiger partial charge < -0.3 is 29.2 Å². The molecule has 0 saturated heterocycles. The number of phenols is 2. The van der Waals surface area contributed by atoms with Crippen molar-refractivity contribution in [3.8, 4) is 34.5 Å². The molecule has 0 aliphatic heterocycles. The first kappa shape index (κ1) is 98.8. The molecule has 0 heterocycles. The molecule has 10 aliphatic rings. The SMILES string of the molecule is CC1(C)CC2(CC(C)(C)c3ccc(O)c(Br)c32)c2c1ccc(O)c2Br.CC1(C)CC2(CC(C)(C)c3cccc(Br)c32)c2c(Br)cccc21.COc1c(C)cc2c(c1I)C1(CC2(C)C)CC(C)(C)c2cc(C)c(OC)c(I)c21.COc1ccc2c(c1I)C1(CC2(C)C)CC(C)(C)c2ccc(OC)c(I)c21.Cc1cc(Br)c2c(c1)C(C)(C)CC21CC(C)(C)c2cc(C)cc(Br)c21. The first-order valence-electron chi connectivity index (χ1n) is 45.5. The van der Waals surface area contributed by atoms with Crippen LogP contribution in [0, 0.1) is 42.0 Å². The van der Waals surface area contributed by atoms with E-state index in [0.717, 1.165) is 70.5 Å². The minimum absolute atomic E-state index is 0.00581. The Bertz CT molecular complexity index is 6010. The van der Waals surface area contributed by atoms with Gasteiger partial charge in [0.2, 0.25) is 0 Å². The van der Waals surface area contributed by atoms with Crippen LogP contribution in [-0.4, -0.2) is 38.7 Å². The molecule has 0 radical (unpaired) electrons. The van der Waals surface area contributed by atoms with Crippen molar-refractivity contribution in [2.24, 2.45) is 0 Å². The van der Waals surface area contributed by atoms with Gasteiger partial charge in [0.15, 0.2) is 0 Å². The van der Waals surface area contributed by atoms with Crippen LogP contribution < -0.4 is 18.9 Å². The maximum atomic E-state index is 10.4. The Labute approximate surface area is 875 Å². The van der Waals surface area contributed by atoms with E-state index in [1.54, 1.807) is 40.6 Å². The highest BCUT2D eigenvalue weighted by Crippen LogP contribution is 2.73. The third kappa shape index (κ3) is 15.1. The van der Waals surface area contributed by atoms with Crippen LogP contribution in [0.4, 0.5) is 0 Å². The van der Waals surface area contributed by atoms with Crippen LogP contribution in [-0.2, 0) is 81.2 Å². The molecule has 0 atom stereocenters. The van der Waals surface area contributed by atoms with Gasteiger partial charge in [0.25, 0.3) is 0 Å². The van der Waals surface area contributed by atoms with E-state index in [0.29, 0.717) is 0 Å². The summed E-state index contributed by atoms with van der Waals surface area (Å²) in [6, 6.07) is 44.2. The van der Waals surface area contributed by atoms with Gasteiger partial charge in [0, 0.05) is 45.0 Å². The van der Waals surface area contributed by atoms with E-state index in [9.17, 15) is 10.2 Å². The largest absolute Gasteiger partial charge is 0.507 e. The first-order valence-corrected chi connectivity index (χ1v) is 54.5. The molecule has 6 nitrogen and oxygen atoms in total. The number of aromatic hydroxyl groups is 2. The van der Waals surface area contributed by atoms with E-state index in [4.69, 9.17) is 18.9 Å². The van der Waals surface area contributed by atoms with Gasteiger partial charge in [0.05, 0.1) is 51.7 Å². The van der Waals surface area contributed by atoms with E-state index < -0.39 is 0 Å². The molecule has 0 saturated carbocycles. The van der Waals surface area contributed by atoms with Gasteiger partial charge in [-0.25, -0.2) is 0 Å². The van der Waals surface area contributed by atoms with Gasteiger partial charge in [-0.05, 0) is 450 Å². The lowest BCUT2D eigenvalue weighted by Crippen LogP contribution is -2.28. The quantitative estimate of drug-likeness (QED) is 0.171. The highest BCUT2D eigenvalue weighted by Gasteiger charge is 2.65. The summed E-state index contributed by atoms with van der Waals surface area (Å²) in [5, 5.41) is 20.8. The second kappa shape index (κ2) is 33.0. The van der Waals surface area contributed by atoms with E-state index in [1.165, 1.54) is 191 Å². The molecule has 0 unspecified atom stereocenters. The minimum atomic E-state index is -0.229. The predicted octanol–water partition coefficient (Wildman–Crippen LogP) is 34.3. The predicted molar refractivity (Wildman–Crippen MR) is 590 cm³/mol. The lowest BCUT2D eigenvalue weighted by atomic mass is 9.72.